The van der Waals surface area contributed by atoms with Gasteiger partial charge in [-0.1, -0.05) is 25.3 Å². The summed E-state index contributed by atoms with van der Waals surface area (Å²) in [6.45, 7) is 6.36. The second kappa shape index (κ2) is 11.8. The molecule has 0 spiro atoms. The molecule has 6 rings (SSSR count). The third-order valence-corrected chi connectivity index (χ3v) is 8.32. The first kappa shape index (κ1) is 26.5. The average Bonchev–Trinajstić information content (AvgIpc) is 3.47. The Morgan fingerprint density at radius 3 is 2.62 bits per heavy atom. The highest BCUT2D eigenvalue weighted by Crippen LogP contribution is 2.37. The fraction of sp³-hybridized carbons (Fsp3) is 0.467. The zero-order chi connectivity index (χ0) is 27.5. The van der Waals surface area contributed by atoms with Crippen molar-refractivity contribution in [3.8, 4) is 16.9 Å². The number of nitrogens with zero attached hydrogens (tertiary/aromatic N) is 7. The molecule has 210 valence electrons. The molecule has 0 radical (unpaired) electrons. The van der Waals surface area contributed by atoms with Gasteiger partial charge in [-0.05, 0) is 43.7 Å². The monoisotopic (exact) mass is 541 g/mol. The number of nitrogens with one attached hydrogen (secondary N) is 1. The van der Waals surface area contributed by atoms with Gasteiger partial charge in [0, 0.05) is 62.0 Å². The standard InChI is InChI=1S/C30H39N9O/c1-37-12-14-38(15-13-37)16-17-39-20-23(19-33-39)22-8-9-25(26(18-22)40-2)34-30-35-27(21-6-4-3-5-7-21)24-10-11-32-29(31)28(24)36-30/h8-11,18-21H,3-7,12-17H2,1-2H3,(H2,31,32)(H,34,35,36). The van der Waals surface area contributed by atoms with Crippen LogP contribution < -0.4 is 15.8 Å². The Morgan fingerprint density at radius 2 is 1.82 bits per heavy atom. The summed E-state index contributed by atoms with van der Waals surface area (Å²) in [5, 5.41) is 9.02. The van der Waals surface area contributed by atoms with E-state index in [0.717, 1.165) is 80.0 Å². The molecule has 2 fully saturated rings. The maximum Gasteiger partial charge on any atom is 0.228 e. The Hall–Kier alpha value is -3.76. The van der Waals surface area contributed by atoms with Gasteiger partial charge in [0.2, 0.25) is 5.95 Å². The van der Waals surface area contributed by atoms with Crippen LogP contribution in [0.3, 0.4) is 0 Å². The molecule has 40 heavy (non-hydrogen) atoms. The number of nitrogen functional groups attached to an aromatic ring is 1. The van der Waals surface area contributed by atoms with Crippen molar-refractivity contribution < 1.29 is 4.74 Å². The van der Waals surface area contributed by atoms with Crippen LogP contribution in [0.1, 0.15) is 43.7 Å². The number of nitrogens with two attached hydrogens (primary N) is 1. The van der Waals surface area contributed by atoms with Crippen molar-refractivity contribution in [2.45, 2.75) is 44.6 Å². The van der Waals surface area contributed by atoms with Crippen molar-refractivity contribution >= 4 is 28.4 Å². The molecule has 3 aromatic heterocycles. The van der Waals surface area contributed by atoms with Crippen LogP contribution in [0.5, 0.6) is 5.75 Å². The van der Waals surface area contributed by atoms with Crippen LogP contribution in [0, 0.1) is 0 Å². The summed E-state index contributed by atoms with van der Waals surface area (Å²) < 4.78 is 7.82. The van der Waals surface area contributed by atoms with Crippen LogP contribution in [0.2, 0.25) is 0 Å². The number of likely N-dealkylation sites (N-methyl/N-ethyl adjacent to an activating group) is 1. The lowest BCUT2D eigenvalue weighted by Crippen LogP contribution is -2.45. The molecule has 10 nitrogen and oxygen atoms in total. The van der Waals surface area contributed by atoms with Crippen LogP contribution in [-0.2, 0) is 6.54 Å². The predicted octanol–water partition coefficient (Wildman–Crippen LogP) is 4.52. The number of piperazine rings is 1. The van der Waals surface area contributed by atoms with E-state index < -0.39 is 0 Å². The highest BCUT2D eigenvalue weighted by Gasteiger charge is 2.22. The number of anilines is 3. The molecule has 0 atom stereocenters. The van der Waals surface area contributed by atoms with Crippen molar-refractivity contribution in [1.29, 1.82) is 0 Å². The van der Waals surface area contributed by atoms with Gasteiger partial charge in [0.15, 0.2) is 0 Å². The van der Waals surface area contributed by atoms with Gasteiger partial charge >= 0.3 is 0 Å². The maximum atomic E-state index is 6.26. The van der Waals surface area contributed by atoms with Gasteiger partial charge in [-0.15, -0.1) is 0 Å². The van der Waals surface area contributed by atoms with E-state index >= 15 is 0 Å². The minimum Gasteiger partial charge on any atom is -0.495 e. The molecule has 1 aromatic carbocycles. The third kappa shape index (κ3) is 5.73. The first-order chi connectivity index (χ1) is 19.6. The summed E-state index contributed by atoms with van der Waals surface area (Å²) in [5.41, 5.74) is 10.9. The summed E-state index contributed by atoms with van der Waals surface area (Å²) >= 11 is 0. The lowest BCUT2D eigenvalue weighted by atomic mass is 9.85. The fourth-order valence-electron chi connectivity index (χ4n) is 5.89. The molecule has 10 heteroatoms. The highest BCUT2D eigenvalue weighted by atomic mass is 16.5. The molecule has 0 bridgehead atoms. The van der Waals surface area contributed by atoms with E-state index in [0.29, 0.717) is 29.0 Å². The number of aromatic nitrogens is 5. The fourth-order valence-corrected chi connectivity index (χ4v) is 5.89. The number of fused-ring (bicyclic) bond motifs is 1. The Morgan fingerprint density at radius 1 is 1.00 bits per heavy atom. The zero-order valence-electron chi connectivity index (χ0n) is 23.5. The van der Waals surface area contributed by atoms with Gasteiger partial charge in [0.25, 0.3) is 0 Å². The van der Waals surface area contributed by atoms with Crippen molar-refractivity contribution in [2.24, 2.45) is 0 Å². The quantitative estimate of drug-likeness (QED) is 0.333. The molecule has 1 aliphatic heterocycles. The molecular formula is C30H39N9O. The minimum absolute atomic E-state index is 0.402. The molecular weight excluding hydrogens is 502 g/mol. The molecule has 2 aliphatic rings. The van der Waals surface area contributed by atoms with Gasteiger partial charge in [-0.25, -0.2) is 15.0 Å². The third-order valence-electron chi connectivity index (χ3n) is 8.32. The molecule has 0 amide bonds. The van der Waals surface area contributed by atoms with Crippen LogP contribution in [-0.4, -0.2) is 81.4 Å². The van der Waals surface area contributed by atoms with Crippen molar-refractivity contribution in [3.63, 3.8) is 0 Å². The smallest absolute Gasteiger partial charge is 0.228 e. The van der Waals surface area contributed by atoms with Crippen LogP contribution in [0.25, 0.3) is 22.0 Å². The van der Waals surface area contributed by atoms with Crippen molar-refractivity contribution in [2.75, 3.05) is 57.9 Å². The number of hydrogen-bond acceptors (Lipinski definition) is 9. The van der Waals surface area contributed by atoms with E-state index in [1.165, 1.54) is 19.3 Å². The zero-order valence-corrected chi connectivity index (χ0v) is 23.5. The number of rotatable bonds is 8. The maximum absolute atomic E-state index is 6.26. The summed E-state index contributed by atoms with van der Waals surface area (Å²) in [4.78, 5) is 18.9. The number of benzene rings is 1. The SMILES string of the molecule is COc1cc(-c2cnn(CCN3CCN(C)CC3)c2)ccc1Nc1nc(C2CCCCC2)c2ccnc(N)c2n1. The summed E-state index contributed by atoms with van der Waals surface area (Å²) in [6.07, 6.45) is 11.8. The van der Waals surface area contributed by atoms with Gasteiger partial charge in [-0.3, -0.25) is 9.58 Å². The predicted molar refractivity (Wildman–Crippen MR) is 159 cm³/mol. The molecule has 4 heterocycles. The van der Waals surface area contributed by atoms with Crippen molar-refractivity contribution in [3.05, 3.63) is 48.5 Å². The van der Waals surface area contributed by atoms with E-state index in [-0.39, 0.29) is 0 Å². The number of ether oxygens (including phenoxy) is 1. The summed E-state index contributed by atoms with van der Waals surface area (Å²) in [5.74, 6) is 2.05. The normalized spacial score (nSPS) is 17.4. The Kier molecular flexibility index (Phi) is 7.79. The molecule has 1 aliphatic carbocycles. The average molecular weight is 542 g/mol. The molecule has 1 saturated carbocycles. The lowest BCUT2D eigenvalue weighted by molar-refractivity contribution is 0.149. The first-order valence-electron chi connectivity index (χ1n) is 14.4. The second-order valence-electron chi connectivity index (χ2n) is 11.0. The Bertz CT molecular complexity index is 1460. The summed E-state index contributed by atoms with van der Waals surface area (Å²) in [7, 11) is 3.86. The van der Waals surface area contributed by atoms with Gasteiger partial charge in [0.1, 0.15) is 17.1 Å². The van der Waals surface area contributed by atoms with Crippen LogP contribution in [0.15, 0.2) is 42.9 Å². The van der Waals surface area contributed by atoms with Gasteiger partial charge in [-0.2, -0.15) is 5.10 Å². The number of pyridine rings is 1. The van der Waals surface area contributed by atoms with E-state index in [1.54, 1.807) is 13.3 Å². The largest absolute Gasteiger partial charge is 0.495 e. The van der Waals surface area contributed by atoms with Gasteiger partial charge in [0.05, 0.1) is 31.2 Å². The van der Waals surface area contributed by atoms with Crippen LogP contribution >= 0.6 is 0 Å². The first-order valence-corrected chi connectivity index (χ1v) is 14.4. The molecule has 3 N–H and O–H groups in total. The topological polar surface area (TPSA) is 110 Å². The second-order valence-corrected chi connectivity index (χ2v) is 11.0. The van der Waals surface area contributed by atoms with Gasteiger partial charge < -0.3 is 20.7 Å². The van der Waals surface area contributed by atoms with Crippen LogP contribution in [0.4, 0.5) is 17.5 Å². The van der Waals surface area contributed by atoms with Crippen molar-refractivity contribution in [1.82, 2.24) is 34.5 Å². The minimum atomic E-state index is 0.402. The number of hydrogen-bond donors (Lipinski definition) is 2. The molecule has 0 unspecified atom stereocenters. The number of methoxy groups -OCH3 is 1. The molecule has 1 saturated heterocycles. The summed E-state index contributed by atoms with van der Waals surface area (Å²) in [6, 6.07) is 8.10. The Labute approximate surface area is 235 Å². The molecule has 4 aromatic rings. The van der Waals surface area contributed by atoms with E-state index in [2.05, 4.69) is 44.5 Å². The van der Waals surface area contributed by atoms with E-state index in [4.69, 9.17) is 20.4 Å². The van der Waals surface area contributed by atoms with E-state index in [9.17, 15) is 0 Å². The highest BCUT2D eigenvalue weighted by molar-refractivity contribution is 5.90. The lowest BCUT2D eigenvalue weighted by Gasteiger charge is -2.32. The Balaban J connectivity index is 1.21. The van der Waals surface area contributed by atoms with E-state index in [1.807, 2.05) is 29.1 Å².